The normalized spacial score (nSPS) is 34.4. The van der Waals surface area contributed by atoms with Gasteiger partial charge < -0.3 is 31.3 Å². The molecule has 0 heterocycles. The molecule has 0 aliphatic heterocycles. The van der Waals surface area contributed by atoms with Crippen molar-refractivity contribution in [2.24, 2.45) is 17.6 Å². The number of primary amides is 1. The van der Waals surface area contributed by atoms with Gasteiger partial charge in [-0.15, -0.1) is 0 Å². The summed E-state index contributed by atoms with van der Waals surface area (Å²) in [5.41, 5.74) is -0.548. The number of fused-ring (bicyclic) bond motifs is 3. The zero-order chi connectivity index (χ0) is 23.9. The van der Waals surface area contributed by atoms with Crippen LogP contribution in [-0.4, -0.2) is 73.6 Å². The second-order valence-electron chi connectivity index (χ2n) is 8.96. The Bertz CT molecular complexity index is 1150. The standard InChI is InChI=1S/C22H24N2O8/c1-21(31)8-5-4-6-11(25)12(8)16(26)13-9(21)7-10-15(24(2)3)17(27)14(20(23)30)19(29)22(10,32)18(13)28/h4-6,9-10,15,25-26,29,31-32H,7H2,1-3H3,(H2,23,30)/t9?,10?,15?,21-,22-/m1/s1. The molecule has 3 aliphatic carbocycles. The molecule has 32 heavy (non-hydrogen) atoms. The van der Waals surface area contributed by atoms with Crippen molar-refractivity contribution in [2.75, 3.05) is 14.1 Å². The first-order valence-corrected chi connectivity index (χ1v) is 9.97. The number of carbonyl (C=O) groups is 3. The number of likely N-dealkylation sites (N-methyl/N-ethyl adjacent to an activating group) is 1. The molecule has 0 bridgehead atoms. The van der Waals surface area contributed by atoms with E-state index in [0.29, 0.717) is 0 Å². The van der Waals surface area contributed by atoms with Crippen molar-refractivity contribution < 1.29 is 39.9 Å². The van der Waals surface area contributed by atoms with Crippen molar-refractivity contribution in [2.45, 2.75) is 30.6 Å². The van der Waals surface area contributed by atoms with Crippen molar-refractivity contribution in [1.82, 2.24) is 4.90 Å². The smallest absolute Gasteiger partial charge is 0.255 e. The Morgan fingerprint density at radius 1 is 1.16 bits per heavy atom. The lowest BCUT2D eigenvalue weighted by atomic mass is 9.54. The molecule has 1 aromatic rings. The minimum Gasteiger partial charge on any atom is -0.508 e. The number of benzene rings is 1. The zero-order valence-electron chi connectivity index (χ0n) is 17.7. The first-order valence-electron chi connectivity index (χ1n) is 9.97. The summed E-state index contributed by atoms with van der Waals surface area (Å²) in [6.45, 7) is 1.40. The fraction of sp³-hybridized carbons (Fsp3) is 0.409. The highest BCUT2D eigenvalue weighted by molar-refractivity contribution is 6.24. The third kappa shape index (κ3) is 2.48. The van der Waals surface area contributed by atoms with Gasteiger partial charge in [-0.2, -0.15) is 0 Å². The molecule has 10 nitrogen and oxygen atoms in total. The molecule has 1 saturated carbocycles. The summed E-state index contributed by atoms with van der Waals surface area (Å²) >= 11 is 0. The van der Waals surface area contributed by atoms with E-state index in [9.17, 15) is 39.9 Å². The summed E-state index contributed by atoms with van der Waals surface area (Å²) in [4.78, 5) is 40.0. The quantitative estimate of drug-likeness (QED) is 0.332. The average Bonchev–Trinajstić information content (AvgIpc) is 2.68. The molecule has 0 aromatic heterocycles. The van der Waals surface area contributed by atoms with Crippen LogP contribution in [0.5, 0.6) is 5.75 Å². The highest BCUT2D eigenvalue weighted by Gasteiger charge is 2.66. The average molecular weight is 444 g/mol. The van der Waals surface area contributed by atoms with E-state index in [2.05, 4.69) is 0 Å². The number of aliphatic hydroxyl groups is 4. The van der Waals surface area contributed by atoms with Crippen LogP contribution in [-0.2, 0) is 20.0 Å². The van der Waals surface area contributed by atoms with Gasteiger partial charge in [-0.1, -0.05) is 12.1 Å². The molecular formula is C22H24N2O8. The number of aromatic hydroxyl groups is 1. The fourth-order valence-electron chi connectivity index (χ4n) is 5.50. The van der Waals surface area contributed by atoms with Gasteiger partial charge in [0.05, 0.1) is 17.2 Å². The van der Waals surface area contributed by atoms with Gasteiger partial charge >= 0.3 is 0 Å². The first kappa shape index (κ1) is 22.0. The minimum absolute atomic E-state index is 0.170. The molecule has 1 aromatic carbocycles. The van der Waals surface area contributed by atoms with Crippen LogP contribution in [0.15, 0.2) is 35.1 Å². The number of rotatable bonds is 2. The lowest BCUT2D eigenvalue weighted by Crippen LogP contribution is -2.67. The van der Waals surface area contributed by atoms with Crippen LogP contribution in [0, 0.1) is 11.8 Å². The lowest BCUT2D eigenvalue weighted by Gasteiger charge is -2.53. The third-order valence-electron chi connectivity index (χ3n) is 7.02. The van der Waals surface area contributed by atoms with E-state index < -0.39 is 75.0 Å². The number of carbonyl (C=O) groups excluding carboxylic acids is 3. The molecule has 10 heteroatoms. The number of phenolic OH excluding ortho intramolecular Hbond substituents is 1. The maximum atomic E-state index is 13.7. The molecule has 4 rings (SSSR count). The maximum Gasteiger partial charge on any atom is 0.255 e. The second kappa shape index (κ2) is 6.64. The van der Waals surface area contributed by atoms with Gasteiger partial charge in [-0.25, -0.2) is 0 Å². The lowest BCUT2D eigenvalue weighted by molar-refractivity contribution is -0.159. The maximum absolute atomic E-state index is 13.7. The Morgan fingerprint density at radius 2 is 1.78 bits per heavy atom. The van der Waals surface area contributed by atoms with Crippen molar-refractivity contribution in [3.63, 3.8) is 0 Å². The van der Waals surface area contributed by atoms with Crippen LogP contribution in [0.1, 0.15) is 24.5 Å². The summed E-state index contributed by atoms with van der Waals surface area (Å²) in [5, 5.41) is 54.9. The van der Waals surface area contributed by atoms with E-state index in [-0.39, 0.29) is 17.5 Å². The number of aliphatic hydroxyl groups excluding tert-OH is 2. The summed E-state index contributed by atoms with van der Waals surface area (Å²) in [7, 11) is 3.01. The van der Waals surface area contributed by atoms with E-state index in [4.69, 9.17) is 5.73 Å². The first-order chi connectivity index (χ1) is 14.8. The van der Waals surface area contributed by atoms with Crippen molar-refractivity contribution in [3.8, 4) is 5.75 Å². The number of hydrogen-bond donors (Lipinski definition) is 6. The fourth-order valence-corrected chi connectivity index (χ4v) is 5.50. The molecule has 0 saturated heterocycles. The summed E-state index contributed by atoms with van der Waals surface area (Å²) < 4.78 is 0. The number of ketones is 2. The number of amides is 1. The van der Waals surface area contributed by atoms with Gasteiger partial charge in [0.1, 0.15) is 22.8 Å². The predicted octanol–water partition coefficient (Wildman–Crippen LogP) is -0.371. The Labute approximate surface area is 182 Å². The van der Waals surface area contributed by atoms with E-state index in [1.807, 2.05) is 0 Å². The minimum atomic E-state index is -2.75. The van der Waals surface area contributed by atoms with Gasteiger partial charge in [0, 0.05) is 17.4 Å². The van der Waals surface area contributed by atoms with E-state index in [1.54, 1.807) is 0 Å². The van der Waals surface area contributed by atoms with Crippen LogP contribution in [0.4, 0.5) is 0 Å². The third-order valence-corrected chi connectivity index (χ3v) is 7.02. The van der Waals surface area contributed by atoms with Gasteiger partial charge in [0.25, 0.3) is 5.91 Å². The summed E-state index contributed by atoms with van der Waals surface area (Å²) in [6, 6.07) is 3.02. The summed E-state index contributed by atoms with van der Waals surface area (Å²) in [6.07, 6.45) is -0.200. The predicted molar refractivity (Wildman–Crippen MR) is 110 cm³/mol. The molecule has 1 fully saturated rings. The molecule has 3 aliphatic rings. The monoisotopic (exact) mass is 444 g/mol. The highest BCUT2D eigenvalue weighted by atomic mass is 16.3. The number of nitrogens with zero attached hydrogens (tertiary/aromatic N) is 1. The van der Waals surface area contributed by atoms with E-state index >= 15 is 0 Å². The Balaban J connectivity index is 2.05. The molecule has 5 atom stereocenters. The summed E-state index contributed by atoms with van der Waals surface area (Å²) in [5.74, 6) is -7.90. The van der Waals surface area contributed by atoms with Gasteiger partial charge in [0.15, 0.2) is 11.4 Å². The Hall–Kier alpha value is -3.21. The largest absolute Gasteiger partial charge is 0.508 e. The topological polar surface area (TPSA) is 182 Å². The van der Waals surface area contributed by atoms with Gasteiger partial charge in [-0.05, 0) is 39.1 Å². The van der Waals surface area contributed by atoms with Crippen LogP contribution >= 0.6 is 0 Å². The molecule has 170 valence electrons. The number of nitrogens with two attached hydrogens (primary N) is 1. The van der Waals surface area contributed by atoms with E-state index in [1.165, 1.54) is 44.1 Å². The molecule has 0 spiro atoms. The van der Waals surface area contributed by atoms with Crippen molar-refractivity contribution in [3.05, 3.63) is 46.2 Å². The Morgan fingerprint density at radius 3 is 2.34 bits per heavy atom. The van der Waals surface area contributed by atoms with Crippen LogP contribution in [0.2, 0.25) is 0 Å². The SMILES string of the molecule is CN(C)C1C(=O)C(C(N)=O)=C(O)[C@]2(O)C(=O)C3=C(O)c4c(O)cccc4[C@@](C)(O)C3CC12. The van der Waals surface area contributed by atoms with E-state index in [0.717, 1.165) is 0 Å². The van der Waals surface area contributed by atoms with Gasteiger partial charge in [-0.3, -0.25) is 19.3 Å². The van der Waals surface area contributed by atoms with Crippen LogP contribution in [0.25, 0.3) is 5.76 Å². The van der Waals surface area contributed by atoms with Crippen molar-refractivity contribution in [1.29, 1.82) is 0 Å². The van der Waals surface area contributed by atoms with Crippen LogP contribution < -0.4 is 5.73 Å². The second-order valence-corrected chi connectivity index (χ2v) is 8.96. The molecule has 0 radical (unpaired) electrons. The van der Waals surface area contributed by atoms with Gasteiger partial charge in [0.2, 0.25) is 5.78 Å². The molecular weight excluding hydrogens is 420 g/mol. The molecule has 1 amide bonds. The Kier molecular flexibility index (Phi) is 4.57. The zero-order valence-corrected chi connectivity index (χ0v) is 17.7. The number of phenols is 1. The van der Waals surface area contributed by atoms with Crippen molar-refractivity contribution >= 4 is 23.2 Å². The van der Waals surface area contributed by atoms with Crippen LogP contribution in [0.3, 0.4) is 0 Å². The molecule has 7 N–H and O–H groups in total. The number of Topliss-reactive ketones (excluding diaryl/α,β-unsaturated/α-hetero) is 2. The molecule has 3 unspecified atom stereocenters. The highest BCUT2D eigenvalue weighted by Crippen LogP contribution is 2.57. The number of hydrogen-bond acceptors (Lipinski definition) is 9.